The van der Waals surface area contributed by atoms with E-state index in [1.165, 1.54) is 12.8 Å². The van der Waals surface area contributed by atoms with E-state index in [1.54, 1.807) is 0 Å². The van der Waals surface area contributed by atoms with Crippen molar-refractivity contribution in [3.8, 4) is 0 Å². The topological polar surface area (TPSA) is 44.1 Å². The van der Waals surface area contributed by atoms with Gasteiger partial charge in [0.15, 0.2) is 0 Å². The Morgan fingerprint density at radius 1 is 1.39 bits per heavy atom. The Morgan fingerprint density at radius 2 is 2.06 bits per heavy atom. The summed E-state index contributed by atoms with van der Waals surface area (Å²) >= 11 is 0. The lowest BCUT2D eigenvalue weighted by Gasteiger charge is -2.27. The van der Waals surface area contributed by atoms with E-state index in [0.29, 0.717) is 5.92 Å². The smallest absolute Gasteiger partial charge is 0.308 e. The van der Waals surface area contributed by atoms with Gasteiger partial charge in [-0.3, -0.25) is 9.48 Å². The van der Waals surface area contributed by atoms with E-state index < -0.39 is 0 Å². The number of methoxy groups -OCH3 is 1. The lowest BCUT2D eigenvalue weighted by molar-refractivity contribution is -0.146. The van der Waals surface area contributed by atoms with Crippen LogP contribution in [0.5, 0.6) is 0 Å². The van der Waals surface area contributed by atoms with Crippen molar-refractivity contribution in [3.05, 3.63) is 17.5 Å². The lowest BCUT2D eigenvalue weighted by Crippen LogP contribution is -2.25. The highest BCUT2D eigenvalue weighted by atomic mass is 16.5. The van der Waals surface area contributed by atoms with E-state index in [4.69, 9.17) is 4.74 Å². The molecule has 0 unspecified atom stereocenters. The normalized spacial score (nSPS) is 23.9. The summed E-state index contributed by atoms with van der Waals surface area (Å²) in [7, 11) is 1.48. The first-order valence-electron chi connectivity index (χ1n) is 6.69. The molecule has 0 bridgehead atoms. The molecule has 1 heterocycles. The largest absolute Gasteiger partial charge is 0.469 e. The average molecular weight is 250 g/mol. The number of carbonyl (C=O) groups is 1. The van der Waals surface area contributed by atoms with Gasteiger partial charge < -0.3 is 4.74 Å². The third-order valence-electron chi connectivity index (χ3n) is 3.92. The van der Waals surface area contributed by atoms with Crippen molar-refractivity contribution in [2.24, 2.45) is 11.8 Å². The fourth-order valence-electron chi connectivity index (χ4n) is 2.85. The maximum absolute atomic E-state index is 11.4. The zero-order valence-electron chi connectivity index (χ0n) is 11.5. The van der Waals surface area contributed by atoms with Crippen LogP contribution in [0.1, 0.15) is 37.1 Å². The molecule has 0 N–H and O–H groups in total. The SMILES string of the molecule is COC(=O)C1CCC(Cn2nc(C)cc2C)CC1. The van der Waals surface area contributed by atoms with Gasteiger partial charge >= 0.3 is 5.97 Å². The molecule has 0 saturated heterocycles. The highest BCUT2D eigenvalue weighted by Crippen LogP contribution is 2.30. The molecule has 1 fully saturated rings. The Labute approximate surface area is 108 Å². The van der Waals surface area contributed by atoms with Gasteiger partial charge in [-0.25, -0.2) is 0 Å². The van der Waals surface area contributed by atoms with Crippen LogP contribution in [0.25, 0.3) is 0 Å². The summed E-state index contributed by atoms with van der Waals surface area (Å²) in [4.78, 5) is 11.4. The number of nitrogens with zero attached hydrogens (tertiary/aromatic N) is 2. The van der Waals surface area contributed by atoms with Gasteiger partial charge in [-0.05, 0) is 51.5 Å². The van der Waals surface area contributed by atoms with Crippen molar-refractivity contribution in [2.45, 2.75) is 46.1 Å². The molecule has 2 rings (SSSR count). The summed E-state index contributed by atoms with van der Waals surface area (Å²) in [6.45, 7) is 5.10. The number of hydrogen-bond acceptors (Lipinski definition) is 3. The van der Waals surface area contributed by atoms with Gasteiger partial charge in [0.2, 0.25) is 0 Å². The second-order valence-corrected chi connectivity index (χ2v) is 5.35. The second kappa shape index (κ2) is 5.55. The Hall–Kier alpha value is -1.32. The van der Waals surface area contributed by atoms with Gasteiger partial charge in [0.05, 0.1) is 18.7 Å². The maximum Gasteiger partial charge on any atom is 0.308 e. The number of aromatic nitrogens is 2. The molecule has 0 atom stereocenters. The molecule has 1 aliphatic rings. The summed E-state index contributed by atoms with van der Waals surface area (Å²) in [5, 5.41) is 4.50. The predicted molar refractivity (Wildman–Crippen MR) is 69.2 cm³/mol. The highest BCUT2D eigenvalue weighted by Gasteiger charge is 2.27. The molecule has 1 aromatic rings. The van der Waals surface area contributed by atoms with E-state index in [0.717, 1.165) is 37.9 Å². The van der Waals surface area contributed by atoms with Crippen molar-refractivity contribution >= 4 is 5.97 Å². The van der Waals surface area contributed by atoms with E-state index in [9.17, 15) is 4.79 Å². The summed E-state index contributed by atoms with van der Waals surface area (Å²) < 4.78 is 6.90. The zero-order chi connectivity index (χ0) is 13.1. The molecular formula is C14H22N2O2. The molecule has 0 radical (unpaired) electrons. The summed E-state index contributed by atoms with van der Waals surface area (Å²) in [6, 6.07) is 2.11. The maximum atomic E-state index is 11.4. The molecule has 1 aromatic heterocycles. The molecule has 4 heteroatoms. The molecule has 0 aromatic carbocycles. The first-order chi connectivity index (χ1) is 8.60. The minimum atomic E-state index is -0.0421. The Morgan fingerprint density at radius 3 is 2.56 bits per heavy atom. The molecule has 1 saturated carbocycles. The van der Waals surface area contributed by atoms with Crippen molar-refractivity contribution < 1.29 is 9.53 Å². The van der Waals surface area contributed by atoms with E-state index in [2.05, 4.69) is 22.8 Å². The van der Waals surface area contributed by atoms with Gasteiger partial charge in [-0.1, -0.05) is 0 Å². The van der Waals surface area contributed by atoms with Gasteiger partial charge in [0.25, 0.3) is 0 Å². The number of carbonyl (C=O) groups excluding carboxylic acids is 1. The van der Waals surface area contributed by atoms with E-state index in [1.807, 2.05) is 6.92 Å². The van der Waals surface area contributed by atoms with Crippen LogP contribution < -0.4 is 0 Å². The Bertz CT molecular complexity index is 417. The van der Waals surface area contributed by atoms with Crippen LogP contribution in [0, 0.1) is 25.7 Å². The minimum absolute atomic E-state index is 0.0421. The van der Waals surface area contributed by atoms with Crippen molar-refractivity contribution in [2.75, 3.05) is 7.11 Å². The molecule has 0 amide bonds. The van der Waals surface area contributed by atoms with Crippen LogP contribution in [0.4, 0.5) is 0 Å². The number of ether oxygens (including phenoxy) is 1. The molecular weight excluding hydrogens is 228 g/mol. The molecule has 100 valence electrons. The minimum Gasteiger partial charge on any atom is -0.469 e. The highest BCUT2D eigenvalue weighted by molar-refractivity contribution is 5.72. The van der Waals surface area contributed by atoms with E-state index >= 15 is 0 Å². The van der Waals surface area contributed by atoms with Gasteiger partial charge in [0, 0.05) is 12.2 Å². The number of hydrogen-bond donors (Lipinski definition) is 0. The van der Waals surface area contributed by atoms with Crippen LogP contribution in [0.2, 0.25) is 0 Å². The van der Waals surface area contributed by atoms with Gasteiger partial charge in [-0.15, -0.1) is 0 Å². The third kappa shape index (κ3) is 2.92. The molecule has 0 spiro atoms. The number of esters is 1. The Kier molecular flexibility index (Phi) is 4.04. The van der Waals surface area contributed by atoms with Crippen LogP contribution in [0.3, 0.4) is 0 Å². The summed E-state index contributed by atoms with van der Waals surface area (Å²) in [5.74, 6) is 0.718. The van der Waals surface area contributed by atoms with E-state index in [-0.39, 0.29) is 11.9 Å². The quantitative estimate of drug-likeness (QED) is 0.774. The first kappa shape index (κ1) is 13.1. The van der Waals surface area contributed by atoms with Crippen LogP contribution in [0.15, 0.2) is 6.07 Å². The second-order valence-electron chi connectivity index (χ2n) is 5.35. The molecule has 1 aliphatic carbocycles. The van der Waals surface area contributed by atoms with Crippen LogP contribution in [-0.2, 0) is 16.1 Å². The third-order valence-corrected chi connectivity index (χ3v) is 3.92. The lowest BCUT2D eigenvalue weighted by atomic mass is 9.82. The first-order valence-corrected chi connectivity index (χ1v) is 6.69. The fraction of sp³-hybridized carbons (Fsp3) is 0.714. The van der Waals surface area contributed by atoms with Crippen LogP contribution >= 0.6 is 0 Å². The predicted octanol–water partition coefficient (Wildman–Crippen LogP) is 2.48. The molecule has 4 nitrogen and oxygen atoms in total. The van der Waals surface area contributed by atoms with Crippen molar-refractivity contribution in [1.29, 1.82) is 0 Å². The summed E-state index contributed by atoms with van der Waals surface area (Å²) in [5.41, 5.74) is 2.30. The van der Waals surface area contributed by atoms with Crippen LogP contribution in [-0.4, -0.2) is 22.9 Å². The zero-order valence-corrected chi connectivity index (χ0v) is 11.5. The standard InChI is InChI=1S/C14H22N2O2/c1-10-8-11(2)16(15-10)9-12-4-6-13(7-5-12)14(17)18-3/h8,12-13H,4-7,9H2,1-3H3. The van der Waals surface area contributed by atoms with Gasteiger partial charge in [-0.2, -0.15) is 5.10 Å². The van der Waals surface area contributed by atoms with Crippen molar-refractivity contribution in [3.63, 3.8) is 0 Å². The monoisotopic (exact) mass is 250 g/mol. The number of rotatable bonds is 3. The van der Waals surface area contributed by atoms with Crippen molar-refractivity contribution in [1.82, 2.24) is 9.78 Å². The molecule has 0 aliphatic heterocycles. The number of aryl methyl sites for hydroxylation is 2. The Balaban J connectivity index is 1.87. The van der Waals surface area contributed by atoms with Gasteiger partial charge in [0.1, 0.15) is 0 Å². The average Bonchev–Trinajstić information content (AvgIpc) is 2.68. The molecule has 18 heavy (non-hydrogen) atoms. The summed E-state index contributed by atoms with van der Waals surface area (Å²) in [6.07, 6.45) is 4.10. The fourth-order valence-corrected chi connectivity index (χ4v) is 2.85.